The van der Waals surface area contributed by atoms with Crippen LogP contribution in [-0.4, -0.2) is 38.6 Å². The number of ether oxygens (including phenoxy) is 2. The van der Waals surface area contributed by atoms with E-state index in [1.54, 1.807) is 43.4 Å². The van der Waals surface area contributed by atoms with Crippen LogP contribution in [0.25, 0.3) is 0 Å². The molecule has 2 amide bonds. The monoisotopic (exact) mass is 458 g/mol. The highest BCUT2D eigenvalue weighted by Gasteiger charge is 2.38. The largest absolute Gasteiger partial charge is 0.497 e. The van der Waals surface area contributed by atoms with Gasteiger partial charge >= 0.3 is 0 Å². The number of amides is 2. The van der Waals surface area contributed by atoms with E-state index >= 15 is 0 Å². The van der Waals surface area contributed by atoms with Crippen LogP contribution in [-0.2, 0) is 4.79 Å². The van der Waals surface area contributed by atoms with E-state index in [9.17, 15) is 9.59 Å². The van der Waals surface area contributed by atoms with Crippen molar-refractivity contribution >= 4 is 23.2 Å². The maximum Gasteiger partial charge on any atom is 0.258 e. The Labute approximate surface area is 200 Å². The van der Waals surface area contributed by atoms with Crippen molar-refractivity contribution in [3.05, 3.63) is 83.9 Å². The van der Waals surface area contributed by atoms with Gasteiger partial charge in [-0.2, -0.15) is 0 Å². The Morgan fingerprint density at radius 1 is 0.912 bits per heavy atom. The van der Waals surface area contributed by atoms with Gasteiger partial charge in [-0.1, -0.05) is 18.2 Å². The van der Waals surface area contributed by atoms with Gasteiger partial charge in [0, 0.05) is 29.5 Å². The lowest BCUT2D eigenvalue weighted by atomic mass is 9.84. The molecule has 3 aromatic carbocycles. The molecule has 1 heterocycles. The fourth-order valence-electron chi connectivity index (χ4n) is 4.64. The second-order valence-electron chi connectivity index (χ2n) is 8.38. The Kier molecular flexibility index (Phi) is 6.87. The van der Waals surface area contributed by atoms with E-state index in [2.05, 4.69) is 0 Å². The Bertz CT molecular complexity index is 1160. The maximum atomic E-state index is 13.8. The molecular formula is C28H30N2O4. The molecule has 0 radical (unpaired) electrons. The highest BCUT2D eigenvalue weighted by molar-refractivity contribution is 6.09. The fourth-order valence-corrected chi connectivity index (χ4v) is 4.64. The van der Waals surface area contributed by atoms with Gasteiger partial charge in [0.2, 0.25) is 5.91 Å². The summed E-state index contributed by atoms with van der Waals surface area (Å²) in [7, 11) is 3.22. The van der Waals surface area contributed by atoms with Crippen LogP contribution in [0.15, 0.2) is 72.8 Å². The van der Waals surface area contributed by atoms with E-state index in [1.165, 1.54) is 0 Å². The second kappa shape index (κ2) is 10.00. The molecule has 4 rings (SSSR count). The summed E-state index contributed by atoms with van der Waals surface area (Å²) in [6.45, 7) is 4.52. The Balaban J connectivity index is 1.66. The summed E-state index contributed by atoms with van der Waals surface area (Å²) in [4.78, 5) is 30.9. The minimum absolute atomic E-state index is 0.0310. The number of likely N-dealkylation sites (N-methyl/N-ethyl adjacent to an activating group) is 1. The second-order valence-corrected chi connectivity index (χ2v) is 8.38. The lowest BCUT2D eigenvalue weighted by molar-refractivity contribution is -0.120. The third-order valence-corrected chi connectivity index (χ3v) is 6.41. The third-order valence-electron chi connectivity index (χ3n) is 6.41. The van der Waals surface area contributed by atoms with Gasteiger partial charge in [0.1, 0.15) is 11.5 Å². The molecule has 2 atom stereocenters. The molecule has 176 valence electrons. The summed E-state index contributed by atoms with van der Waals surface area (Å²) < 4.78 is 10.5. The molecule has 0 unspecified atom stereocenters. The number of rotatable bonds is 6. The standard InChI is InChI=1S/C28H30N2O4/c1-5-29(21-12-16-23(34-4)17-13-21)28(32)25-18-19(2)30(26-9-7-6-8-24(25)26)27(31)20-10-14-22(33-3)15-11-20/h6-17,19,25H,5,18H2,1-4H3/t19-,25-/m1/s1. The molecule has 34 heavy (non-hydrogen) atoms. The lowest BCUT2D eigenvalue weighted by Crippen LogP contribution is -2.46. The minimum atomic E-state index is -0.340. The summed E-state index contributed by atoms with van der Waals surface area (Å²) in [5.41, 5.74) is 3.07. The molecular weight excluding hydrogens is 428 g/mol. The van der Waals surface area contributed by atoms with Crippen LogP contribution < -0.4 is 19.3 Å². The summed E-state index contributed by atoms with van der Waals surface area (Å²) >= 11 is 0. The fraction of sp³-hybridized carbons (Fsp3) is 0.286. The average Bonchev–Trinajstić information content (AvgIpc) is 2.88. The molecule has 6 nitrogen and oxygen atoms in total. The first-order valence-corrected chi connectivity index (χ1v) is 11.5. The number of nitrogens with zero attached hydrogens (tertiary/aromatic N) is 2. The highest BCUT2D eigenvalue weighted by atomic mass is 16.5. The van der Waals surface area contributed by atoms with E-state index in [0.29, 0.717) is 24.3 Å². The number of carbonyl (C=O) groups excluding carboxylic acids is 2. The van der Waals surface area contributed by atoms with E-state index < -0.39 is 0 Å². The van der Waals surface area contributed by atoms with Gasteiger partial charge in [0.25, 0.3) is 5.91 Å². The van der Waals surface area contributed by atoms with Crippen molar-refractivity contribution < 1.29 is 19.1 Å². The normalized spacial score (nSPS) is 17.0. The van der Waals surface area contributed by atoms with Gasteiger partial charge in [-0.05, 0) is 80.4 Å². The van der Waals surface area contributed by atoms with E-state index in [0.717, 1.165) is 22.7 Å². The molecule has 0 bridgehead atoms. The zero-order valence-electron chi connectivity index (χ0n) is 20.0. The SMILES string of the molecule is CCN(C(=O)[C@@H]1C[C@@H](C)N(C(=O)c2ccc(OC)cc2)c2ccccc21)c1ccc(OC)cc1. The van der Waals surface area contributed by atoms with Crippen LogP contribution in [0.3, 0.4) is 0 Å². The number of anilines is 2. The van der Waals surface area contributed by atoms with Crippen molar-refractivity contribution in [3.63, 3.8) is 0 Å². The highest BCUT2D eigenvalue weighted by Crippen LogP contribution is 2.41. The number of hydrogen-bond acceptors (Lipinski definition) is 4. The molecule has 0 saturated carbocycles. The maximum absolute atomic E-state index is 13.8. The van der Waals surface area contributed by atoms with Crippen molar-refractivity contribution in [1.82, 2.24) is 0 Å². The molecule has 0 saturated heterocycles. The molecule has 0 spiro atoms. The minimum Gasteiger partial charge on any atom is -0.497 e. The molecule has 0 aromatic heterocycles. The topological polar surface area (TPSA) is 59.1 Å². The van der Waals surface area contributed by atoms with Gasteiger partial charge in [-0.25, -0.2) is 0 Å². The summed E-state index contributed by atoms with van der Waals surface area (Å²) in [6.07, 6.45) is 0.546. The van der Waals surface area contributed by atoms with Crippen LogP contribution in [0, 0.1) is 0 Å². The van der Waals surface area contributed by atoms with Crippen molar-refractivity contribution in [2.45, 2.75) is 32.2 Å². The van der Waals surface area contributed by atoms with Crippen molar-refractivity contribution in [2.75, 3.05) is 30.6 Å². The van der Waals surface area contributed by atoms with Gasteiger partial charge in [0.05, 0.1) is 20.1 Å². The number of carbonyl (C=O) groups is 2. The van der Waals surface area contributed by atoms with Gasteiger partial charge in [0.15, 0.2) is 0 Å². The third kappa shape index (κ3) is 4.36. The van der Waals surface area contributed by atoms with Gasteiger partial charge in [-0.3, -0.25) is 9.59 Å². The molecule has 1 aliphatic heterocycles. The number of benzene rings is 3. The smallest absolute Gasteiger partial charge is 0.258 e. The van der Waals surface area contributed by atoms with E-state index in [-0.39, 0.29) is 23.8 Å². The first-order valence-electron chi connectivity index (χ1n) is 11.5. The zero-order chi connectivity index (χ0) is 24.2. The summed E-state index contributed by atoms with van der Waals surface area (Å²) in [5.74, 6) is 1.05. The predicted molar refractivity (Wildman–Crippen MR) is 134 cm³/mol. The summed E-state index contributed by atoms with van der Waals surface area (Å²) in [5, 5.41) is 0. The quantitative estimate of drug-likeness (QED) is 0.504. The lowest BCUT2D eigenvalue weighted by Gasteiger charge is -2.40. The van der Waals surface area contributed by atoms with Crippen molar-refractivity contribution in [2.24, 2.45) is 0 Å². The summed E-state index contributed by atoms with van der Waals surface area (Å²) in [6, 6.07) is 22.2. The Morgan fingerprint density at radius 2 is 1.50 bits per heavy atom. The number of methoxy groups -OCH3 is 2. The number of fused-ring (bicyclic) bond motifs is 1. The zero-order valence-corrected chi connectivity index (χ0v) is 20.0. The van der Waals surface area contributed by atoms with Crippen LogP contribution in [0.2, 0.25) is 0 Å². The average molecular weight is 459 g/mol. The molecule has 6 heteroatoms. The van der Waals surface area contributed by atoms with Crippen LogP contribution in [0.4, 0.5) is 11.4 Å². The molecule has 0 fully saturated rings. The van der Waals surface area contributed by atoms with Gasteiger partial charge in [-0.15, -0.1) is 0 Å². The van der Waals surface area contributed by atoms with E-state index in [1.807, 2.05) is 67.3 Å². The molecule has 0 aliphatic carbocycles. The first kappa shape index (κ1) is 23.4. The molecule has 3 aromatic rings. The Morgan fingerprint density at radius 3 is 2.09 bits per heavy atom. The van der Waals surface area contributed by atoms with Crippen LogP contribution in [0.1, 0.15) is 42.1 Å². The van der Waals surface area contributed by atoms with E-state index in [4.69, 9.17) is 9.47 Å². The Hall–Kier alpha value is -3.80. The molecule has 1 aliphatic rings. The number of para-hydroxylation sites is 1. The van der Waals surface area contributed by atoms with Crippen LogP contribution >= 0.6 is 0 Å². The van der Waals surface area contributed by atoms with Crippen molar-refractivity contribution in [1.29, 1.82) is 0 Å². The van der Waals surface area contributed by atoms with Crippen molar-refractivity contribution in [3.8, 4) is 11.5 Å². The predicted octanol–water partition coefficient (Wildman–Crippen LogP) is 5.28. The van der Waals surface area contributed by atoms with Gasteiger partial charge < -0.3 is 19.3 Å². The van der Waals surface area contributed by atoms with Crippen LogP contribution in [0.5, 0.6) is 11.5 Å². The first-order chi connectivity index (χ1) is 16.5. The molecule has 0 N–H and O–H groups in total. The number of hydrogen-bond donors (Lipinski definition) is 0.